The maximum atomic E-state index is 12.2. The Morgan fingerprint density at radius 1 is 1.24 bits per heavy atom. The Labute approximate surface area is 173 Å². The Morgan fingerprint density at radius 3 is 2.79 bits per heavy atom. The van der Waals surface area contributed by atoms with Crippen molar-refractivity contribution in [3.05, 3.63) is 41.5 Å². The van der Waals surface area contributed by atoms with E-state index in [9.17, 15) is 14.7 Å². The number of nitrogens with zero attached hydrogens (tertiary/aromatic N) is 1. The number of carbonyl (C=O) groups is 2. The number of phenols is 1. The second-order valence-electron chi connectivity index (χ2n) is 8.36. The van der Waals surface area contributed by atoms with Crippen LogP contribution in [-0.4, -0.2) is 54.0 Å². The van der Waals surface area contributed by atoms with E-state index in [0.29, 0.717) is 18.0 Å². The van der Waals surface area contributed by atoms with Gasteiger partial charge in [-0.15, -0.1) is 0 Å². The van der Waals surface area contributed by atoms with Gasteiger partial charge in [0.25, 0.3) is 5.91 Å². The average molecular weight is 400 g/mol. The Balaban J connectivity index is 1.32. The van der Waals surface area contributed by atoms with Crippen LogP contribution in [0.2, 0.25) is 0 Å². The van der Waals surface area contributed by atoms with Crippen molar-refractivity contribution in [2.75, 3.05) is 26.2 Å². The van der Waals surface area contributed by atoms with Crippen LogP contribution in [0.15, 0.2) is 30.4 Å². The molecule has 0 spiro atoms. The van der Waals surface area contributed by atoms with Crippen LogP contribution in [0.4, 0.5) is 0 Å². The highest BCUT2D eigenvalue weighted by atomic mass is 16.3. The van der Waals surface area contributed by atoms with E-state index in [0.717, 1.165) is 50.9 Å². The third kappa shape index (κ3) is 6.60. The molecule has 6 heteroatoms. The molecule has 0 aromatic heterocycles. The molecule has 158 valence electrons. The molecule has 6 nitrogen and oxygen atoms in total. The van der Waals surface area contributed by atoms with Crippen LogP contribution in [0, 0.1) is 12.8 Å². The lowest BCUT2D eigenvalue weighted by atomic mass is 10.0. The molecule has 29 heavy (non-hydrogen) atoms. The lowest BCUT2D eigenvalue weighted by molar-refractivity contribution is -0.117. The highest BCUT2D eigenvalue weighted by Gasteiger charge is 2.25. The van der Waals surface area contributed by atoms with Crippen LogP contribution in [-0.2, 0) is 4.79 Å². The van der Waals surface area contributed by atoms with Crippen molar-refractivity contribution in [1.82, 2.24) is 15.5 Å². The van der Waals surface area contributed by atoms with Crippen molar-refractivity contribution in [2.45, 2.75) is 51.5 Å². The Hall–Kier alpha value is -2.34. The predicted molar refractivity (Wildman–Crippen MR) is 114 cm³/mol. The van der Waals surface area contributed by atoms with E-state index in [1.165, 1.54) is 12.8 Å². The number of rotatable bonds is 8. The minimum atomic E-state index is -0.242. The SMILES string of the molecule is Cc1ccc(C(=O)NCCC2CCC(NC(=O)C=CCN3CCCC3)C2)c(O)c1. The van der Waals surface area contributed by atoms with Gasteiger partial charge in [-0.25, -0.2) is 0 Å². The van der Waals surface area contributed by atoms with Crippen molar-refractivity contribution in [1.29, 1.82) is 0 Å². The van der Waals surface area contributed by atoms with Gasteiger partial charge < -0.3 is 15.7 Å². The van der Waals surface area contributed by atoms with Gasteiger partial charge in [0.15, 0.2) is 0 Å². The molecule has 0 radical (unpaired) electrons. The number of benzene rings is 1. The molecule has 1 saturated carbocycles. The maximum absolute atomic E-state index is 12.2. The molecular formula is C23H33N3O3. The van der Waals surface area contributed by atoms with Crippen LogP contribution in [0.1, 0.15) is 54.4 Å². The minimum Gasteiger partial charge on any atom is -0.507 e. The summed E-state index contributed by atoms with van der Waals surface area (Å²) in [5.74, 6) is 0.274. The van der Waals surface area contributed by atoms with Gasteiger partial charge in [0.1, 0.15) is 5.75 Å². The van der Waals surface area contributed by atoms with Gasteiger partial charge in [-0.2, -0.15) is 0 Å². The normalized spacial score (nSPS) is 22.2. The van der Waals surface area contributed by atoms with Gasteiger partial charge in [0, 0.05) is 25.2 Å². The van der Waals surface area contributed by atoms with Gasteiger partial charge >= 0.3 is 0 Å². The zero-order valence-corrected chi connectivity index (χ0v) is 17.3. The molecule has 3 N–H and O–H groups in total. The molecular weight excluding hydrogens is 366 g/mol. The predicted octanol–water partition coefficient (Wildman–Crippen LogP) is 2.76. The smallest absolute Gasteiger partial charge is 0.255 e. The molecule has 1 heterocycles. The molecule has 2 fully saturated rings. The molecule has 1 aliphatic heterocycles. The fraction of sp³-hybridized carbons (Fsp3) is 0.565. The van der Waals surface area contributed by atoms with Crippen molar-refractivity contribution in [3.8, 4) is 5.75 Å². The molecule has 2 aliphatic rings. The number of phenolic OH excluding ortho intramolecular Hbond substituents is 1. The summed E-state index contributed by atoms with van der Waals surface area (Å²) in [6.45, 7) is 5.58. The van der Waals surface area contributed by atoms with Crippen molar-refractivity contribution in [3.63, 3.8) is 0 Å². The first kappa shape index (κ1) is 21.4. The Morgan fingerprint density at radius 2 is 2.03 bits per heavy atom. The molecule has 0 bridgehead atoms. The molecule has 3 rings (SSSR count). The van der Waals surface area contributed by atoms with E-state index in [1.807, 2.05) is 19.1 Å². The third-order valence-corrected chi connectivity index (χ3v) is 5.96. The lowest BCUT2D eigenvalue weighted by Crippen LogP contribution is -2.32. The summed E-state index contributed by atoms with van der Waals surface area (Å²) in [6.07, 6.45) is 10.0. The maximum Gasteiger partial charge on any atom is 0.255 e. The minimum absolute atomic E-state index is 0.00186. The highest BCUT2D eigenvalue weighted by Crippen LogP contribution is 2.28. The van der Waals surface area contributed by atoms with Crippen LogP contribution >= 0.6 is 0 Å². The van der Waals surface area contributed by atoms with Crippen molar-refractivity contribution < 1.29 is 14.7 Å². The largest absolute Gasteiger partial charge is 0.507 e. The van der Waals surface area contributed by atoms with Gasteiger partial charge in [-0.3, -0.25) is 14.5 Å². The van der Waals surface area contributed by atoms with Gasteiger partial charge in [-0.1, -0.05) is 12.1 Å². The van der Waals surface area contributed by atoms with Gasteiger partial charge in [0.2, 0.25) is 5.91 Å². The zero-order chi connectivity index (χ0) is 20.6. The zero-order valence-electron chi connectivity index (χ0n) is 17.3. The lowest BCUT2D eigenvalue weighted by Gasteiger charge is -2.13. The number of amides is 2. The molecule has 1 aliphatic carbocycles. The Kier molecular flexibility index (Phi) is 7.69. The van der Waals surface area contributed by atoms with E-state index in [-0.39, 0.29) is 23.6 Å². The summed E-state index contributed by atoms with van der Waals surface area (Å²) in [6, 6.07) is 5.29. The summed E-state index contributed by atoms with van der Waals surface area (Å²) in [5.41, 5.74) is 1.23. The number of aryl methyl sites for hydroxylation is 1. The molecule has 1 aromatic carbocycles. The first-order valence-corrected chi connectivity index (χ1v) is 10.8. The first-order valence-electron chi connectivity index (χ1n) is 10.8. The van der Waals surface area contributed by atoms with Gasteiger partial charge in [-0.05, 0) is 82.2 Å². The van der Waals surface area contributed by atoms with Gasteiger partial charge in [0.05, 0.1) is 5.56 Å². The standard InChI is InChI=1S/C23H33N3O3/c1-17-6-9-20(21(27)15-17)23(29)24-11-10-18-7-8-19(16-18)25-22(28)5-4-14-26-12-2-3-13-26/h4-6,9,15,18-19,27H,2-3,7-8,10-14,16H2,1H3,(H,24,29)(H,25,28). The molecule has 2 unspecified atom stereocenters. The molecule has 2 atom stereocenters. The van der Waals surface area contributed by atoms with Crippen LogP contribution in [0.25, 0.3) is 0 Å². The average Bonchev–Trinajstić information content (AvgIpc) is 3.34. The van der Waals surface area contributed by atoms with Crippen LogP contribution in [0.3, 0.4) is 0 Å². The van der Waals surface area contributed by atoms with E-state index in [1.54, 1.807) is 18.2 Å². The number of hydrogen-bond donors (Lipinski definition) is 3. The summed E-state index contributed by atoms with van der Waals surface area (Å²) >= 11 is 0. The number of nitrogens with one attached hydrogen (secondary N) is 2. The number of likely N-dealkylation sites (tertiary alicyclic amines) is 1. The summed E-state index contributed by atoms with van der Waals surface area (Å²) in [5, 5.41) is 15.9. The summed E-state index contributed by atoms with van der Waals surface area (Å²) in [7, 11) is 0. The number of hydrogen-bond acceptors (Lipinski definition) is 4. The number of carbonyl (C=O) groups excluding carboxylic acids is 2. The molecule has 1 saturated heterocycles. The fourth-order valence-corrected chi connectivity index (χ4v) is 4.31. The van der Waals surface area contributed by atoms with E-state index < -0.39 is 0 Å². The monoisotopic (exact) mass is 399 g/mol. The van der Waals surface area contributed by atoms with E-state index in [4.69, 9.17) is 0 Å². The number of aromatic hydroxyl groups is 1. The Bertz CT molecular complexity index is 741. The summed E-state index contributed by atoms with van der Waals surface area (Å²) < 4.78 is 0. The molecule has 1 aromatic rings. The topological polar surface area (TPSA) is 81.7 Å². The first-order chi connectivity index (χ1) is 14.0. The fourth-order valence-electron chi connectivity index (χ4n) is 4.31. The quantitative estimate of drug-likeness (QED) is 0.587. The third-order valence-electron chi connectivity index (χ3n) is 5.96. The van der Waals surface area contributed by atoms with Crippen molar-refractivity contribution in [2.24, 2.45) is 5.92 Å². The van der Waals surface area contributed by atoms with Crippen LogP contribution < -0.4 is 10.6 Å². The summed E-state index contributed by atoms with van der Waals surface area (Å²) in [4.78, 5) is 26.7. The second kappa shape index (κ2) is 10.4. The molecule has 2 amide bonds. The van der Waals surface area contributed by atoms with E-state index in [2.05, 4.69) is 15.5 Å². The van der Waals surface area contributed by atoms with E-state index >= 15 is 0 Å². The second-order valence-corrected chi connectivity index (χ2v) is 8.36. The van der Waals surface area contributed by atoms with Crippen LogP contribution in [0.5, 0.6) is 5.75 Å². The highest BCUT2D eigenvalue weighted by molar-refractivity contribution is 5.96. The van der Waals surface area contributed by atoms with Crippen molar-refractivity contribution >= 4 is 11.8 Å².